The molecule has 1 aromatic rings. The average Bonchev–Trinajstić information content (AvgIpc) is 2.46. The Kier molecular flexibility index (Phi) is 2.78. The Morgan fingerprint density at radius 3 is 2.15 bits per heavy atom. The molecule has 0 aliphatic rings. The van der Waals surface area contributed by atoms with Gasteiger partial charge >= 0.3 is 0 Å². The summed E-state index contributed by atoms with van der Waals surface area (Å²) >= 11 is 0. The molecule has 0 atom stereocenters. The monoisotopic (exact) mass is 184 g/mol. The van der Waals surface area contributed by atoms with E-state index < -0.39 is 0 Å². The lowest BCUT2D eigenvalue weighted by atomic mass is 9.91. The molecule has 0 fully saturated rings. The van der Waals surface area contributed by atoms with Crippen molar-refractivity contribution in [2.75, 3.05) is 0 Å². The highest BCUT2D eigenvalue weighted by Gasteiger charge is 2.22. The summed E-state index contributed by atoms with van der Waals surface area (Å²) in [5, 5.41) is 17.9. The van der Waals surface area contributed by atoms with E-state index >= 15 is 0 Å². The minimum atomic E-state index is -0.133. The second kappa shape index (κ2) is 3.52. The van der Waals surface area contributed by atoms with Crippen molar-refractivity contribution in [1.82, 2.24) is 0 Å². The van der Waals surface area contributed by atoms with Gasteiger partial charge in [-0.25, -0.2) is 0 Å². The van der Waals surface area contributed by atoms with Crippen LogP contribution in [0.25, 0.3) is 0 Å². The second-order valence-electron chi connectivity index (χ2n) is 4.13. The van der Waals surface area contributed by atoms with E-state index in [4.69, 9.17) is 14.6 Å². The molecule has 2 N–H and O–H groups in total. The summed E-state index contributed by atoms with van der Waals surface area (Å²) in [7, 11) is 0. The second-order valence-corrected chi connectivity index (χ2v) is 4.13. The first-order chi connectivity index (χ1) is 5.99. The molecule has 1 rings (SSSR count). The van der Waals surface area contributed by atoms with Gasteiger partial charge in [0.15, 0.2) is 0 Å². The maximum Gasteiger partial charge on any atom is 0.129 e. The average molecular weight is 184 g/mol. The third kappa shape index (κ3) is 2.11. The first-order valence-electron chi connectivity index (χ1n) is 4.33. The van der Waals surface area contributed by atoms with Crippen LogP contribution in [0.15, 0.2) is 10.5 Å². The summed E-state index contributed by atoms with van der Waals surface area (Å²) in [5.74, 6) is 1.26. The highest BCUT2D eigenvalue weighted by atomic mass is 16.4. The van der Waals surface area contributed by atoms with Gasteiger partial charge in [-0.15, -0.1) is 0 Å². The van der Waals surface area contributed by atoms with Crippen LogP contribution in [-0.4, -0.2) is 10.2 Å². The van der Waals surface area contributed by atoms with E-state index in [0.29, 0.717) is 5.76 Å². The molecule has 3 heteroatoms. The normalized spacial score (nSPS) is 12.1. The lowest BCUT2D eigenvalue weighted by Gasteiger charge is -2.16. The molecule has 3 nitrogen and oxygen atoms in total. The Morgan fingerprint density at radius 1 is 1.23 bits per heavy atom. The number of hydrogen-bond acceptors (Lipinski definition) is 3. The van der Waals surface area contributed by atoms with E-state index in [0.717, 1.165) is 11.3 Å². The van der Waals surface area contributed by atoms with Crippen LogP contribution in [0.1, 0.15) is 37.9 Å². The fraction of sp³-hybridized carbons (Fsp3) is 0.600. The summed E-state index contributed by atoms with van der Waals surface area (Å²) in [6.07, 6.45) is 0. The van der Waals surface area contributed by atoms with Crippen LogP contribution < -0.4 is 0 Å². The SMILES string of the molecule is CC(C)(C)c1oc(CO)cc1CO. The molecule has 0 saturated carbocycles. The molecular weight excluding hydrogens is 168 g/mol. The third-order valence-corrected chi connectivity index (χ3v) is 1.87. The van der Waals surface area contributed by atoms with Gasteiger partial charge in [0.1, 0.15) is 18.1 Å². The van der Waals surface area contributed by atoms with E-state index in [1.54, 1.807) is 6.07 Å². The summed E-state index contributed by atoms with van der Waals surface area (Å²) in [4.78, 5) is 0. The molecule has 74 valence electrons. The van der Waals surface area contributed by atoms with E-state index in [2.05, 4.69) is 0 Å². The molecule has 0 spiro atoms. The van der Waals surface area contributed by atoms with Crippen molar-refractivity contribution in [1.29, 1.82) is 0 Å². The first-order valence-corrected chi connectivity index (χ1v) is 4.33. The van der Waals surface area contributed by atoms with Gasteiger partial charge in [-0.3, -0.25) is 0 Å². The van der Waals surface area contributed by atoms with Crippen molar-refractivity contribution in [3.8, 4) is 0 Å². The Morgan fingerprint density at radius 2 is 1.85 bits per heavy atom. The molecule has 0 saturated heterocycles. The van der Waals surface area contributed by atoms with Gasteiger partial charge in [-0.05, 0) is 6.07 Å². The maximum absolute atomic E-state index is 9.05. The van der Waals surface area contributed by atoms with E-state index in [-0.39, 0.29) is 18.6 Å². The molecule has 13 heavy (non-hydrogen) atoms. The van der Waals surface area contributed by atoms with Crippen molar-refractivity contribution < 1.29 is 14.6 Å². The van der Waals surface area contributed by atoms with Gasteiger partial charge in [0.25, 0.3) is 0 Å². The molecule has 0 unspecified atom stereocenters. The first kappa shape index (κ1) is 10.3. The molecule has 0 aliphatic carbocycles. The quantitative estimate of drug-likeness (QED) is 0.733. The lowest BCUT2D eigenvalue weighted by Crippen LogP contribution is -2.12. The standard InChI is InChI=1S/C10H16O3/c1-10(2,3)9-7(5-11)4-8(6-12)13-9/h4,11-12H,5-6H2,1-3H3. The minimum absolute atomic E-state index is 0.0455. The topological polar surface area (TPSA) is 53.6 Å². The Balaban J connectivity index is 3.11. The fourth-order valence-corrected chi connectivity index (χ4v) is 1.32. The zero-order valence-corrected chi connectivity index (χ0v) is 8.29. The van der Waals surface area contributed by atoms with E-state index in [1.165, 1.54) is 0 Å². The van der Waals surface area contributed by atoms with Crippen LogP contribution >= 0.6 is 0 Å². The predicted octanol–water partition coefficient (Wildman–Crippen LogP) is 1.56. The summed E-state index contributed by atoms with van der Waals surface area (Å²) in [6.45, 7) is 5.85. The fourth-order valence-electron chi connectivity index (χ4n) is 1.32. The lowest BCUT2D eigenvalue weighted by molar-refractivity contribution is 0.235. The third-order valence-electron chi connectivity index (χ3n) is 1.87. The molecular formula is C10H16O3. The molecule has 0 radical (unpaired) electrons. The number of aliphatic hydroxyl groups excluding tert-OH is 2. The molecule has 0 bridgehead atoms. The minimum Gasteiger partial charge on any atom is -0.463 e. The van der Waals surface area contributed by atoms with Crippen LogP contribution in [0.4, 0.5) is 0 Å². The van der Waals surface area contributed by atoms with Crippen LogP contribution in [0.5, 0.6) is 0 Å². The molecule has 0 aliphatic heterocycles. The zero-order valence-electron chi connectivity index (χ0n) is 8.29. The van der Waals surface area contributed by atoms with Crippen LogP contribution in [0, 0.1) is 0 Å². The van der Waals surface area contributed by atoms with E-state index in [1.807, 2.05) is 20.8 Å². The van der Waals surface area contributed by atoms with Crippen molar-refractivity contribution in [3.05, 3.63) is 23.2 Å². The molecule has 1 heterocycles. The van der Waals surface area contributed by atoms with Crippen molar-refractivity contribution >= 4 is 0 Å². The van der Waals surface area contributed by atoms with Gasteiger partial charge < -0.3 is 14.6 Å². The Bertz CT molecular complexity index is 281. The van der Waals surface area contributed by atoms with Gasteiger partial charge in [0, 0.05) is 11.0 Å². The number of rotatable bonds is 2. The van der Waals surface area contributed by atoms with Gasteiger partial charge in [0.05, 0.1) is 6.61 Å². The van der Waals surface area contributed by atoms with Gasteiger partial charge in [-0.1, -0.05) is 20.8 Å². The molecule has 1 aromatic heterocycles. The number of aliphatic hydroxyl groups is 2. The van der Waals surface area contributed by atoms with Crippen LogP contribution in [0.3, 0.4) is 0 Å². The smallest absolute Gasteiger partial charge is 0.129 e. The highest BCUT2D eigenvalue weighted by Crippen LogP contribution is 2.28. The van der Waals surface area contributed by atoms with Crippen LogP contribution in [0.2, 0.25) is 0 Å². The van der Waals surface area contributed by atoms with Gasteiger partial charge in [-0.2, -0.15) is 0 Å². The Labute approximate surface area is 78.0 Å². The van der Waals surface area contributed by atoms with Gasteiger partial charge in [0.2, 0.25) is 0 Å². The maximum atomic E-state index is 9.05. The van der Waals surface area contributed by atoms with Crippen LogP contribution in [-0.2, 0) is 18.6 Å². The summed E-state index contributed by atoms with van der Waals surface area (Å²) < 4.78 is 5.41. The van der Waals surface area contributed by atoms with Crippen molar-refractivity contribution in [3.63, 3.8) is 0 Å². The Hall–Kier alpha value is -0.800. The molecule has 0 amide bonds. The largest absolute Gasteiger partial charge is 0.463 e. The number of furan rings is 1. The number of hydrogen-bond donors (Lipinski definition) is 2. The highest BCUT2D eigenvalue weighted by molar-refractivity contribution is 5.26. The summed E-state index contributed by atoms with van der Waals surface area (Å²) in [5.41, 5.74) is 0.627. The van der Waals surface area contributed by atoms with Crippen molar-refractivity contribution in [2.24, 2.45) is 0 Å². The predicted molar refractivity (Wildman–Crippen MR) is 49.3 cm³/mol. The van der Waals surface area contributed by atoms with E-state index in [9.17, 15) is 0 Å². The van der Waals surface area contributed by atoms with Crippen molar-refractivity contribution in [2.45, 2.75) is 39.4 Å². The summed E-state index contributed by atoms with van der Waals surface area (Å²) in [6, 6.07) is 1.70. The zero-order chi connectivity index (χ0) is 10.1. The molecule has 0 aromatic carbocycles.